The lowest BCUT2D eigenvalue weighted by Crippen LogP contribution is -2.14. The van der Waals surface area contributed by atoms with Crippen LogP contribution in [0, 0.1) is 0 Å². The van der Waals surface area contributed by atoms with Gasteiger partial charge >= 0.3 is 0 Å². The van der Waals surface area contributed by atoms with Gasteiger partial charge in [-0.1, -0.05) is 12.1 Å². The van der Waals surface area contributed by atoms with Gasteiger partial charge in [0.15, 0.2) is 0 Å². The van der Waals surface area contributed by atoms with Gasteiger partial charge < -0.3 is 10.2 Å². The second-order valence-corrected chi connectivity index (χ2v) is 3.25. The van der Waals surface area contributed by atoms with E-state index in [1.807, 2.05) is 19.2 Å². The van der Waals surface area contributed by atoms with Crippen LogP contribution in [0.3, 0.4) is 0 Å². The molecule has 1 N–H and O–H groups in total. The number of hydrogen-bond donors (Lipinski definition) is 1. The van der Waals surface area contributed by atoms with Crippen molar-refractivity contribution in [2.24, 2.45) is 0 Å². The highest BCUT2D eigenvalue weighted by molar-refractivity contribution is 5.84. The molecular weight excluding hydrogens is 164 g/mol. The zero-order chi connectivity index (χ0) is 9.26. The summed E-state index contributed by atoms with van der Waals surface area (Å²) >= 11 is 0. The van der Waals surface area contributed by atoms with Crippen LogP contribution in [0.4, 0.5) is 11.4 Å². The van der Waals surface area contributed by atoms with Crippen LogP contribution in [0.15, 0.2) is 18.2 Å². The van der Waals surface area contributed by atoms with Gasteiger partial charge in [0.2, 0.25) is 6.41 Å². The molecule has 0 bridgehead atoms. The third-order valence-electron chi connectivity index (χ3n) is 2.43. The molecule has 3 nitrogen and oxygen atoms in total. The van der Waals surface area contributed by atoms with Crippen molar-refractivity contribution in [3.05, 3.63) is 23.8 Å². The SMILES string of the molecule is CN1CCc2cccc(NC=O)c21. The van der Waals surface area contributed by atoms with E-state index in [9.17, 15) is 4.79 Å². The zero-order valence-electron chi connectivity index (χ0n) is 7.58. The molecule has 1 aromatic rings. The predicted molar refractivity (Wildman–Crippen MR) is 53.1 cm³/mol. The van der Waals surface area contributed by atoms with Gasteiger partial charge in [-0.25, -0.2) is 0 Å². The first-order valence-corrected chi connectivity index (χ1v) is 4.36. The maximum absolute atomic E-state index is 10.4. The molecule has 0 atom stereocenters. The van der Waals surface area contributed by atoms with Crippen LogP contribution in [0.2, 0.25) is 0 Å². The van der Waals surface area contributed by atoms with Crippen LogP contribution < -0.4 is 10.2 Å². The fourth-order valence-electron chi connectivity index (χ4n) is 1.82. The van der Waals surface area contributed by atoms with Crippen molar-refractivity contribution in [1.82, 2.24) is 0 Å². The van der Waals surface area contributed by atoms with Gasteiger partial charge in [-0.05, 0) is 18.1 Å². The summed E-state index contributed by atoms with van der Waals surface area (Å²) in [6, 6.07) is 6.01. The highest BCUT2D eigenvalue weighted by atomic mass is 16.1. The fraction of sp³-hybridized carbons (Fsp3) is 0.300. The molecule has 2 rings (SSSR count). The molecule has 1 aliphatic rings. The maximum Gasteiger partial charge on any atom is 0.211 e. The van der Waals surface area contributed by atoms with Gasteiger partial charge in [0.1, 0.15) is 0 Å². The summed E-state index contributed by atoms with van der Waals surface area (Å²) < 4.78 is 0. The number of amides is 1. The summed E-state index contributed by atoms with van der Waals surface area (Å²) in [4.78, 5) is 12.5. The molecule has 68 valence electrons. The third kappa shape index (κ3) is 1.26. The van der Waals surface area contributed by atoms with Crippen LogP contribution in [0.25, 0.3) is 0 Å². The summed E-state index contributed by atoms with van der Waals surface area (Å²) in [5.74, 6) is 0. The monoisotopic (exact) mass is 176 g/mol. The minimum atomic E-state index is 0.724. The number of para-hydroxylation sites is 1. The molecule has 13 heavy (non-hydrogen) atoms. The van der Waals surface area contributed by atoms with E-state index in [-0.39, 0.29) is 0 Å². The molecule has 0 unspecified atom stereocenters. The largest absolute Gasteiger partial charge is 0.372 e. The molecule has 0 radical (unpaired) electrons. The maximum atomic E-state index is 10.4. The molecule has 0 fully saturated rings. The fourth-order valence-corrected chi connectivity index (χ4v) is 1.82. The summed E-state index contributed by atoms with van der Waals surface area (Å²) in [5.41, 5.74) is 3.39. The molecule has 0 aliphatic carbocycles. The number of hydrogen-bond acceptors (Lipinski definition) is 2. The number of rotatable bonds is 2. The summed E-state index contributed by atoms with van der Waals surface area (Å²) in [6.07, 6.45) is 1.79. The molecule has 1 aliphatic heterocycles. The Morgan fingerprint density at radius 2 is 2.38 bits per heavy atom. The topological polar surface area (TPSA) is 32.3 Å². The first-order chi connectivity index (χ1) is 6.33. The Hall–Kier alpha value is -1.51. The first-order valence-electron chi connectivity index (χ1n) is 4.36. The van der Waals surface area contributed by atoms with Gasteiger partial charge in [0.25, 0.3) is 0 Å². The predicted octanol–water partition coefficient (Wildman–Crippen LogP) is 1.25. The lowest BCUT2D eigenvalue weighted by molar-refractivity contribution is -0.105. The lowest BCUT2D eigenvalue weighted by atomic mass is 10.1. The number of likely N-dealkylation sites (N-methyl/N-ethyl adjacent to an activating group) is 1. The van der Waals surface area contributed by atoms with Gasteiger partial charge in [-0.15, -0.1) is 0 Å². The molecule has 1 aromatic carbocycles. The van der Waals surface area contributed by atoms with Gasteiger partial charge in [-0.2, -0.15) is 0 Å². The summed E-state index contributed by atoms with van der Waals surface area (Å²) in [7, 11) is 2.04. The van der Waals surface area contributed by atoms with Crippen LogP contribution in [-0.2, 0) is 11.2 Å². The Labute approximate surface area is 77.4 Å². The van der Waals surface area contributed by atoms with E-state index in [1.54, 1.807) is 0 Å². The van der Waals surface area contributed by atoms with Crippen molar-refractivity contribution in [2.75, 3.05) is 23.8 Å². The number of anilines is 2. The Morgan fingerprint density at radius 3 is 3.15 bits per heavy atom. The first kappa shape index (κ1) is 8.10. The van der Waals surface area contributed by atoms with Crippen LogP contribution in [0.5, 0.6) is 0 Å². The van der Waals surface area contributed by atoms with Gasteiger partial charge in [0, 0.05) is 13.6 Å². The molecule has 0 spiro atoms. The second kappa shape index (κ2) is 3.09. The van der Waals surface area contributed by atoms with E-state index in [0.717, 1.165) is 30.8 Å². The zero-order valence-corrected chi connectivity index (χ0v) is 7.58. The van der Waals surface area contributed by atoms with Crippen molar-refractivity contribution < 1.29 is 4.79 Å². The second-order valence-electron chi connectivity index (χ2n) is 3.25. The van der Waals surface area contributed by atoms with Crippen LogP contribution >= 0.6 is 0 Å². The van der Waals surface area contributed by atoms with Crippen LogP contribution in [-0.4, -0.2) is 20.0 Å². The molecule has 0 saturated carbocycles. The van der Waals surface area contributed by atoms with E-state index in [4.69, 9.17) is 0 Å². The smallest absolute Gasteiger partial charge is 0.211 e. The third-order valence-corrected chi connectivity index (χ3v) is 2.43. The average molecular weight is 176 g/mol. The number of benzene rings is 1. The molecule has 1 amide bonds. The Kier molecular flexibility index (Phi) is 1.93. The van der Waals surface area contributed by atoms with Crippen molar-refractivity contribution in [2.45, 2.75) is 6.42 Å². The van der Waals surface area contributed by atoms with E-state index in [2.05, 4.69) is 16.3 Å². The Bertz CT molecular complexity index is 336. The van der Waals surface area contributed by atoms with Crippen molar-refractivity contribution in [1.29, 1.82) is 0 Å². The van der Waals surface area contributed by atoms with E-state index in [1.165, 1.54) is 5.56 Å². The minimum absolute atomic E-state index is 0.724. The number of carbonyl (C=O) groups excluding carboxylic acids is 1. The highest BCUT2D eigenvalue weighted by Gasteiger charge is 2.18. The number of fused-ring (bicyclic) bond motifs is 1. The van der Waals surface area contributed by atoms with E-state index in [0.29, 0.717) is 0 Å². The highest BCUT2D eigenvalue weighted by Crippen LogP contribution is 2.33. The molecule has 3 heteroatoms. The van der Waals surface area contributed by atoms with Gasteiger partial charge in [-0.3, -0.25) is 4.79 Å². The molecule has 0 saturated heterocycles. The quantitative estimate of drug-likeness (QED) is 0.688. The van der Waals surface area contributed by atoms with E-state index >= 15 is 0 Å². The normalized spacial score (nSPS) is 14.1. The van der Waals surface area contributed by atoms with E-state index < -0.39 is 0 Å². The van der Waals surface area contributed by atoms with Crippen molar-refractivity contribution in [3.63, 3.8) is 0 Å². The summed E-state index contributed by atoms with van der Waals surface area (Å²) in [6.45, 7) is 1.03. The lowest BCUT2D eigenvalue weighted by Gasteiger charge is -2.15. The summed E-state index contributed by atoms with van der Waals surface area (Å²) in [5, 5.41) is 2.72. The molecule has 0 aromatic heterocycles. The van der Waals surface area contributed by atoms with Gasteiger partial charge in [0.05, 0.1) is 11.4 Å². The Balaban J connectivity index is 2.46. The van der Waals surface area contributed by atoms with Crippen molar-refractivity contribution in [3.8, 4) is 0 Å². The standard InChI is InChI=1S/C10H12N2O/c1-12-6-5-8-3-2-4-9(10(8)12)11-7-13/h2-4,7H,5-6H2,1H3,(H,11,13). The Morgan fingerprint density at radius 1 is 1.54 bits per heavy atom. The number of nitrogens with zero attached hydrogens (tertiary/aromatic N) is 1. The minimum Gasteiger partial charge on any atom is -0.372 e. The van der Waals surface area contributed by atoms with Crippen LogP contribution in [0.1, 0.15) is 5.56 Å². The number of carbonyl (C=O) groups is 1. The van der Waals surface area contributed by atoms with Crippen molar-refractivity contribution >= 4 is 17.8 Å². The number of nitrogens with one attached hydrogen (secondary N) is 1. The molecular formula is C10H12N2O. The average Bonchev–Trinajstić information content (AvgIpc) is 2.50. The molecule has 1 heterocycles.